The van der Waals surface area contributed by atoms with Crippen molar-refractivity contribution in [3.05, 3.63) is 64.7 Å². The molecule has 1 nitrogen and oxygen atoms in total. The van der Waals surface area contributed by atoms with E-state index in [1.807, 2.05) is 63.2 Å². The Balaban J connectivity index is 0.000000373. The summed E-state index contributed by atoms with van der Waals surface area (Å²) in [5.74, 6) is 0. The number of hydrogen-bond acceptors (Lipinski definition) is 1. The second kappa shape index (κ2) is 13.6. The molecule has 0 aromatic heterocycles. The molecule has 0 N–H and O–H groups in total. The van der Waals surface area contributed by atoms with Crippen molar-refractivity contribution in [3.63, 3.8) is 0 Å². The van der Waals surface area contributed by atoms with Crippen LogP contribution in [0.5, 0.6) is 0 Å². The number of benzene rings is 2. The fourth-order valence-electron chi connectivity index (χ4n) is 2.08. The van der Waals surface area contributed by atoms with Crippen molar-refractivity contribution in [3.8, 4) is 0 Å². The Morgan fingerprint density at radius 1 is 1.08 bits per heavy atom. The van der Waals surface area contributed by atoms with Gasteiger partial charge in [0.1, 0.15) is 0 Å². The summed E-state index contributed by atoms with van der Waals surface area (Å²) in [7, 11) is 2.63. The Morgan fingerprint density at radius 2 is 1.58 bits per heavy atom. The minimum absolute atomic E-state index is 0.370. The highest BCUT2D eigenvalue weighted by Crippen LogP contribution is 2.17. The molecule has 0 aliphatic heterocycles. The maximum atomic E-state index is 11.0. The number of aryl methyl sites for hydroxylation is 3. The number of carbonyl (C=O) groups excluding carboxylic acids is 1. The van der Waals surface area contributed by atoms with Crippen molar-refractivity contribution in [2.75, 3.05) is 5.33 Å². The van der Waals surface area contributed by atoms with E-state index >= 15 is 0 Å². The van der Waals surface area contributed by atoms with E-state index in [1.54, 1.807) is 0 Å². The molecule has 4 heteroatoms. The standard InChI is InChI=1S/C10H11ClO.C6H7P.C4H9Br/c1-6-4-7(2)9(10(11)12)8(3)5-6;7-6-4-2-1-3-5-6;1-2-3-4-5/h4-5H,1-3H3;1-5H,7H2;2-4H2,1H3. The Labute approximate surface area is 162 Å². The van der Waals surface area contributed by atoms with Gasteiger partial charge >= 0.3 is 0 Å². The van der Waals surface area contributed by atoms with Crippen molar-refractivity contribution in [2.45, 2.75) is 40.5 Å². The van der Waals surface area contributed by atoms with Crippen molar-refractivity contribution in [1.82, 2.24) is 0 Å². The predicted octanol–water partition coefficient (Wildman–Crippen LogP) is 6.36. The molecular weight excluding hydrogens is 403 g/mol. The van der Waals surface area contributed by atoms with E-state index in [0.29, 0.717) is 5.56 Å². The fraction of sp³-hybridized carbons (Fsp3) is 0.350. The zero-order valence-corrected chi connectivity index (χ0v) is 18.4. The maximum Gasteiger partial charge on any atom is 0.252 e. The summed E-state index contributed by atoms with van der Waals surface area (Å²) in [5, 5.41) is 2.02. The van der Waals surface area contributed by atoms with Crippen LogP contribution in [0.25, 0.3) is 0 Å². The topological polar surface area (TPSA) is 17.1 Å². The molecule has 0 aliphatic rings. The highest BCUT2D eigenvalue weighted by molar-refractivity contribution is 9.09. The van der Waals surface area contributed by atoms with Crippen LogP contribution >= 0.6 is 36.8 Å². The first-order valence-corrected chi connectivity index (χ1v) is 10.0. The van der Waals surface area contributed by atoms with Crippen molar-refractivity contribution in [1.29, 1.82) is 0 Å². The highest BCUT2D eigenvalue weighted by atomic mass is 79.9. The molecule has 0 radical (unpaired) electrons. The smallest absolute Gasteiger partial charge is 0.252 e. The molecule has 2 aromatic carbocycles. The highest BCUT2D eigenvalue weighted by Gasteiger charge is 2.09. The van der Waals surface area contributed by atoms with Crippen molar-refractivity contribution >= 4 is 47.3 Å². The normalized spacial score (nSPS) is 9.29. The molecular formula is C20H27BrClOP. The van der Waals surface area contributed by atoms with Gasteiger partial charge in [-0.25, -0.2) is 0 Å². The minimum Gasteiger partial charge on any atom is -0.276 e. The number of alkyl halides is 1. The van der Waals surface area contributed by atoms with Crippen molar-refractivity contribution in [2.24, 2.45) is 0 Å². The molecule has 0 spiro atoms. The first-order chi connectivity index (χ1) is 11.3. The molecule has 0 fully saturated rings. The number of hydrogen-bond donors (Lipinski definition) is 0. The van der Waals surface area contributed by atoms with Crippen molar-refractivity contribution < 1.29 is 4.79 Å². The molecule has 0 bridgehead atoms. The first kappa shape index (κ1) is 23.3. The van der Waals surface area contributed by atoms with Gasteiger partial charge in [0.15, 0.2) is 0 Å². The third-order valence-corrected chi connectivity index (χ3v) is 4.29. The quantitative estimate of drug-likeness (QED) is 0.315. The molecule has 0 aliphatic carbocycles. The Bertz CT molecular complexity index is 589. The molecule has 1 atom stereocenters. The largest absolute Gasteiger partial charge is 0.276 e. The Kier molecular flexibility index (Phi) is 13.2. The minimum atomic E-state index is -0.370. The number of unbranched alkanes of at least 4 members (excludes halogenated alkanes) is 1. The molecule has 2 aromatic rings. The SMILES string of the molecule is CCCCBr.Cc1cc(C)c(C(=O)Cl)c(C)c1.Pc1ccccc1. The van der Waals surface area contributed by atoms with E-state index in [9.17, 15) is 4.79 Å². The summed E-state index contributed by atoms with van der Waals surface area (Å²) >= 11 is 8.74. The van der Waals surface area contributed by atoms with E-state index in [-0.39, 0.29) is 5.24 Å². The van der Waals surface area contributed by atoms with Gasteiger partial charge in [-0.05, 0) is 55.2 Å². The second-order valence-electron chi connectivity index (χ2n) is 5.50. The van der Waals surface area contributed by atoms with Crippen LogP contribution < -0.4 is 5.30 Å². The molecule has 24 heavy (non-hydrogen) atoms. The van der Waals surface area contributed by atoms with Gasteiger partial charge in [-0.2, -0.15) is 0 Å². The van der Waals surface area contributed by atoms with E-state index in [0.717, 1.165) is 22.0 Å². The number of rotatable bonds is 3. The third kappa shape index (κ3) is 10.2. The maximum absolute atomic E-state index is 11.0. The lowest BCUT2D eigenvalue weighted by molar-refractivity contribution is 0.108. The van der Waals surface area contributed by atoms with Gasteiger partial charge in [-0.15, -0.1) is 9.24 Å². The lowest BCUT2D eigenvalue weighted by atomic mass is 10.0. The van der Waals surface area contributed by atoms with Gasteiger partial charge in [0.25, 0.3) is 5.24 Å². The Hall–Kier alpha value is -0.690. The molecule has 132 valence electrons. The third-order valence-electron chi connectivity index (χ3n) is 3.16. The van der Waals surface area contributed by atoms with Crippen LogP contribution in [0.4, 0.5) is 0 Å². The van der Waals surface area contributed by atoms with Gasteiger partial charge < -0.3 is 0 Å². The summed E-state index contributed by atoms with van der Waals surface area (Å²) in [5.41, 5.74) is 3.70. The van der Waals surface area contributed by atoms with Gasteiger partial charge in [0, 0.05) is 10.9 Å². The molecule has 1 unspecified atom stereocenters. The summed E-state index contributed by atoms with van der Waals surface area (Å²) in [4.78, 5) is 11.0. The summed E-state index contributed by atoms with van der Waals surface area (Å²) in [6.07, 6.45) is 2.60. The molecule has 0 saturated carbocycles. The van der Waals surface area contributed by atoms with Crippen LogP contribution in [0.15, 0.2) is 42.5 Å². The predicted molar refractivity (Wildman–Crippen MR) is 115 cm³/mol. The van der Waals surface area contributed by atoms with Crippen LogP contribution in [0.3, 0.4) is 0 Å². The molecule has 0 saturated heterocycles. The Morgan fingerprint density at radius 3 is 1.83 bits per heavy atom. The monoisotopic (exact) mass is 428 g/mol. The van der Waals surface area contributed by atoms with E-state index in [4.69, 9.17) is 11.6 Å². The van der Waals surface area contributed by atoms with E-state index in [2.05, 4.69) is 32.1 Å². The number of carbonyl (C=O) groups is 1. The van der Waals surface area contributed by atoms with Gasteiger partial charge in [0.05, 0.1) is 0 Å². The molecule has 2 rings (SSSR count). The van der Waals surface area contributed by atoms with Gasteiger partial charge in [-0.3, -0.25) is 4.79 Å². The van der Waals surface area contributed by atoms with Crippen LogP contribution in [-0.2, 0) is 0 Å². The zero-order chi connectivity index (χ0) is 18.5. The molecule has 0 amide bonds. The summed E-state index contributed by atoms with van der Waals surface area (Å²) in [6.45, 7) is 7.98. The van der Waals surface area contributed by atoms with Crippen LogP contribution in [0, 0.1) is 20.8 Å². The van der Waals surface area contributed by atoms with E-state index in [1.165, 1.54) is 18.1 Å². The van der Waals surface area contributed by atoms with Crippen LogP contribution in [0.1, 0.15) is 46.8 Å². The lowest BCUT2D eigenvalue weighted by Gasteiger charge is -2.05. The lowest BCUT2D eigenvalue weighted by Crippen LogP contribution is -1.98. The average molecular weight is 430 g/mol. The van der Waals surface area contributed by atoms with Gasteiger partial charge in [-0.1, -0.05) is 77.3 Å². The summed E-state index contributed by atoms with van der Waals surface area (Å²) in [6, 6.07) is 14.1. The number of halogens is 2. The molecule has 0 heterocycles. The zero-order valence-electron chi connectivity index (χ0n) is 14.9. The van der Waals surface area contributed by atoms with Crippen LogP contribution in [-0.4, -0.2) is 10.6 Å². The fourth-order valence-corrected chi connectivity index (χ4v) is 3.16. The van der Waals surface area contributed by atoms with Gasteiger partial charge in [0.2, 0.25) is 0 Å². The second-order valence-corrected chi connectivity index (χ2v) is 7.30. The summed E-state index contributed by atoms with van der Waals surface area (Å²) < 4.78 is 0. The average Bonchev–Trinajstić information content (AvgIpc) is 2.48. The first-order valence-electron chi connectivity index (χ1n) is 7.97. The van der Waals surface area contributed by atoms with Crippen LogP contribution in [0.2, 0.25) is 0 Å². The van der Waals surface area contributed by atoms with E-state index < -0.39 is 0 Å².